The predicted octanol–water partition coefficient (Wildman–Crippen LogP) is 1.59. The Kier molecular flexibility index (Phi) is 5.58. The third-order valence-electron chi connectivity index (χ3n) is 3.48. The average molecular weight is 337 g/mol. The van der Waals surface area contributed by atoms with Crippen molar-refractivity contribution in [2.75, 3.05) is 26.2 Å². The molecule has 0 aliphatic carbocycles. The summed E-state index contributed by atoms with van der Waals surface area (Å²) in [5.74, 6) is -0.0762. The second-order valence-corrected chi connectivity index (χ2v) is 6.56. The number of piperazine rings is 1. The Balaban J connectivity index is 1.86. The van der Waals surface area contributed by atoms with Gasteiger partial charge in [-0.05, 0) is 32.9 Å². The number of rotatable bonds is 2. The van der Waals surface area contributed by atoms with Crippen molar-refractivity contribution < 1.29 is 13.9 Å². The molecule has 0 radical (unpaired) electrons. The lowest BCUT2D eigenvalue weighted by Crippen LogP contribution is -2.53. The minimum Gasteiger partial charge on any atom is -0.444 e. The van der Waals surface area contributed by atoms with E-state index in [2.05, 4.69) is 9.98 Å². The van der Waals surface area contributed by atoms with Gasteiger partial charge in [0.05, 0.1) is 12.2 Å². The quantitative estimate of drug-likeness (QED) is 0.654. The van der Waals surface area contributed by atoms with Crippen LogP contribution in [0, 0.1) is 5.82 Å². The van der Waals surface area contributed by atoms with E-state index in [4.69, 9.17) is 10.5 Å². The number of guanidine groups is 1. The summed E-state index contributed by atoms with van der Waals surface area (Å²) in [5, 5.41) is 0. The van der Waals surface area contributed by atoms with Gasteiger partial charge in [0, 0.05) is 32.4 Å². The van der Waals surface area contributed by atoms with Crippen LogP contribution in [-0.4, -0.2) is 58.6 Å². The van der Waals surface area contributed by atoms with Gasteiger partial charge in [0.2, 0.25) is 0 Å². The second kappa shape index (κ2) is 7.46. The molecule has 0 aromatic carbocycles. The van der Waals surface area contributed by atoms with Crippen molar-refractivity contribution in [3.63, 3.8) is 0 Å². The summed E-state index contributed by atoms with van der Waals surface area (Å²) < 4.78 is 18.9. The summed E-state index contributed by atoms with van der Waals surface area (Å²) in [5.41, 5.74) is 5.71. The molecule has 1 saturated heterocycles. The molecule has 2 rings (SSSR count). The highest BCUT2D eigenvalue weighted by Gasteiger charge is 2.26. The Hall–Kier alpha value is -2.38. The standard InChI is InChI=1S/C16H24FN5O2/c1-16(2,3)24-15(23)22-9-7-21(8-10-22)14(18)20-11-13-12(17)5-4-6-19-13/h4-6H,7-11H2,1-3H3,(H2,18,20). The minimum absolute atomic E-state index is 0.0881. The summed E-state index contributed by atoms with van der Waals surface area (Å²) >= 11 is 0. The van der Waals surface area contributed by atoms with Crippen LogP contribution in [0.15, 0.2) is 23.3 Å². The number of pyridine rings is 1. The van der Waals surface area contributed by atoms with Crippen LogP contribution in [0.1, 0.15) is 26.5 Å². The molecule has 7 nitrogen and oxygen atoms in total. The van der Waals surface area contributed by atoms with Gasteiger partial charge >= 0.3 is 6.09 Å². The predicted molar refractivity (Wildman–Crippen MR) is 88.9 cm³/mol. The van der Waals surface area contributed by atoms with Crippen LogP contribution in [0.4, 0.5) is 9.18 Å². The van der Waals surface area contributed by atoms with E-state index >= 15 is 0 Å². The largest absolute Gasteiger partial charge is 0.444 e. The first-order chi connectivity index (χ1) is 11.3. The number of carbonyl (C=O) groups excluding carboxylic acids is 1. The van der Waals surface area contributed by atoms with Crippen LogP contribution in [0.25, 0.3) is 0 Å². The lowest BCUT2D eigenvalue weighted by Gasteiger charge is -2.36. The number of ether oxygens (including phenoxy) is 1. The number of hydrogen-bond acceptors (Lipinski definition) is 4. The Bertz CT molecular complexity index is 607. The Morgan fingerprint density at radius 3 is 2.54 bits per heavy atom. The molecule has 1 amide bonds. The van der Waals surface area contributed by atoms with Crippen LogP contribution in [-0.2, 0) is 11.3 Å². The van der Waals surface area contributed by atoms with Gasteiger partial charge in [-0.15, -0.1) is 0 Å². The molecule has 2 heterocycles. The average Bonchev–Trinajstić information content (AvgIpc) is 2.52. The summed E-state index contributed by atoms with van der Waals surface area (Å²) in [6, 6.07) is 2.87. The van der Waals surface area contributed by atoms with Crippen LogP contribution in [0.5, 0.6) is 0 Å². The summed E-state index contributed by atoms with van der Waals surface area (Å²) in [6.45, 7) is 7.71. The molecule has 132 valence electrons. The molecule has 1 aromatic rings. The summed E-state index contributed by atoms with van der Waals surface area (Å²) in [6.07, 6.45) is 1.19. The Morgan fingerprint density at radius 2 is 1.96 bits per heavy atom. The smallest absolute Gasteiger partial charge is 0.410 e. The fraction of sp³-hybridized carbons (Fsp3) is 0.562. The van der Waals surface area contributed by atoms with Gasteiger partial charge in [0.25, 0.3) is 0 Å². The highest BCUT2D eigenvalue weighted by atomic mass is 19.1. The molecule has 1 aliphatic heterocycles. The maximum atomic E-state index is 13.5. The normalized spacial score (nSPS) is 16.2. The molecule has 1 aliphatic rings. The monoisotopic (exact) mass is 337 g/mol. The van der Waals surface area contributed by atoms with Gasteiger partial charge in [0.15, 0.2) is 5.96 Å². The number of nitrogens with two attached hydrogens (primary N) is 1. The number of hydrogen-bond donors (Lipinski definition) is 1. The van der Waals surface area contributed by atoms with Crippen LogP contribution in [0.2, 0.25) is 0 Å². The van der Waals surface area contributed by atoms with Gasteiger partial charge in [-0.3, -0.25) is 4.98 Å². The highest BCUT2D eigenvalue weighted by Crippen LogP contribution is 2.12. The molecule has 0 unspecified atom stereocenters. The second-order valence-electron chi connectivity index (χ2n) is 6.56. The molecule has 1 aromatic heterocycles. The zero-order valence-corrected chi connectivity index (χ0v) is 14.3. The molecule has 2 N–H and O–H groups in total. The maximum Gasteiger partial charge on any atom is 0.410 e. The molecule has 0 spiro atoms. The van der Waals surface area contributed by atoms with Crippen molar-refractivity contribution in [3.8, 4) is 0 Å². The van der Waals surface area contributed by atoms with Crippen molar-refractivity contribution in [2.24, 2.45) is 10.7 Å². The molecule has 0 saturated carbocycles. The molecule has 24 heavy (non-hydrogen) atoms. The van der Waals surface area contributed by atoms with E-state index in [-0.39, 0.29) is 18.3 Å². The van der Waals surface area contributed by atoms with Crippen molar-refractivity contribution >= 4 is 12.1 Å². The van der Waals surface area contributed by atoms with E-state index in [1.54, 1.807) is 4.90 Å². The minimum atomic E-state index is -0.512. The first kappa shape index (κ1) is 18.0. The topological polar surface area (TPSA) is 84.0 Å². The third-order valence-corrected chi connectivity index (χ3v) is 3.48. The van der Waals surface area contributed by atoms with Crippen molar-refractivity contribution in [2.45, 2.75) is 32.9 Å². The summed E-state index contributed by atoms with van der Waals surface area (Å²) in [7, 11) is 0. The van der Waals surface area contributed by atoms with E-state index in [1.165, 1.54) is 18.3 Å². The summed E-state index contributed by atoms with van der Waals surface area (Å²) in [4.78, 5) is 23.7. The molecule has 8 heteroatoms. The Morgan fingerprint density at radius 1 is 1.33 bits per heavy atom. The van der Waals surface area contributed by atoms with Gasteiger partial charge in [-0.1, -0.05) is 0 Å². The third kappa shape index (κ3) is 5.07. The fourth-order valence-electron chi connectivity index (χ4n) is 2.24. The van der Waals surface area contributed by atoms with Crippen molar-refractivity contribution in [1.82, 2.24) is 14.8 Å². The molecule has 0 bridgehead atoms. The van der Waals surface area contributed by atoms with E-state index in [0.29, 0.717) is 32.1 Å². The number of carbonyl (C=O) groups is 1. The number of nitrogens with zero attached hydrogens (tertiary/aromatic N) is 4. The van der Waals surface area contributed by atoms with Crippen LogP contribution in [0.3, 0.4) is 0 Å². The Labute approximate surface area is 141 Å². The number of aliphatic imine (C=N–C) groups is 1. The number of amides is 1. The van der Waals surface area contributed by atoms with E-state index in [9.17, 15) is 9.18 Å². The number of halogens is 1. The molecule has 1 fully saturated rings. The maximum absolute atomic E-state index is 13.5. The SMILES string of the molecule is CC(C)(C)OC(=O)N1CCN(C(N)=NCc2ncccc2F)CC1. The number of aromatic nitrogens is 1. The van der Waals surface area contributed by atoms with Gasteiger partial charge < -0.3 is 20.3 Å². The van der Waals surface area contributed by atoms with Gasteiger partial charge in [0.1, 0.15) is 11.4 Å². The lowest BCUT2D eigenvalue weighted by atomic mass is 10.2. The van der Waals surface area contributed by atoms with Crippen LogP contribution >= 0.6 is 0 Å². The van der Waals surface area contributed by atoms with Gasteiger partial charge in [-0.2, -0.15) is 0 Å². The van der Waals surface area contributed by atoms with Crippen molar-refractivity contribution in [1.29, 1.82) is 0 Å². The molecular weight excluding hydrogens is 313 g/mol. The van der Waals surface area contributed by atoms with Gasteiger partial charge in [-0.25, -0.2) is 14.2 Å². The van der Waals surface area contributed by atoms with E-state index in [1.807, 2.05) is 25.7 Å². The lowest BCUT2D eigenvalue weighted by molar-refractivity contribution is 0.0186. The zero-order valence-electron chi connectivity index (χ0n) is 14.3. The molecular formula is C16H24FN5O2. The van der Waals surface area contributed by atoms with E-state index in [0.717, 1.165) is 0 Å². The highest BCUT2D eigenvalue weighted by molar-refractivity contribution is 5.78. The molecule has 0 atom stereocenters. The van der Waals surface area contributed by atoms with Crippen molar-refractivity contribution in [3.05, 3.63) is 29.8 Å². The van der Waals surface area contributed by atoms with Crippen LogP contribution < -0.4 is 5.73 Å². The zero-order chi connectivity index (χ0) is 17.7. The fourth-order valence-corrected chi connectivity index (χ4v) is 2.24. The van der Waals surface area contributed by atoms with E-state index < -0.39 is 11.4 Å². The first-order valence-corrected chi connectivity index (χ1v) is 7.88. The first-order valence-electron chi connectivity index (χ1n) is 7.88.